The van der Waals surface area contributed by atoms with Crippen LogP contribution in [0.4, 0.5) is 0 Å². The van der Waals surface area contributed by atoms with E-state index in [9.17, 15) is 0 Å². The van der Waals surface area contributed by atoms with Gasteiger partial charge in [0.2, 0.25) is 0 Å². The monoisotopic (exact) mass is 192 g/mol. The van der Waals surface area contributed by atoms with E-state index in [2.05, 4.69) is 41.9 Å². The van der Waals surface area contributed by atoms with E-state index in [-0.39, 0.29) is 5.54 Å². The number of rotatable bonds is 3. The fourth-order valence-corrected chi connectivity index (χ4v) is 2.15. The molecular weight excluding hydrogens is 172 g/mol. The van der Waals surface area contributed by atoms with Crippen LogP contribution in [0.1, 0.15) is 26.2 Å². The van der Waals surface area contributed by atoms with Gasteiger partial charge >= 0.3 is 0 Å². The van der Waals surface area contributed by atoms with Crippen molar-refractivity contribution in [2.75, 3.05) is 13.1 Å². The van der Waals surface area contributed by atoms with Gasteiger partial charge in [-0.2, -0.15) is 0 Å². The Morgan fingerprint density at radius 2 is 2.43 bits per heavy atom. The summed E-state index contributed by atoms with van der Waals surface area (Å²) < 4.78 is 0. The van der Waals surface area contributed by atoms with E-state index in [4.69, 9.17) is 0 Å². The third-order valence-corrected chi connectivity index (χ3v) is 3.17. The van der Waals surface area contributed by atoms with Crippen molar-refractivity contribution in [3.05, 3.63) is 24.3 Å². The molecule has 1 aliphatic heterocycles. The number of allylic oxidation sites excluding steroid dienone is 2. The van der Waals surface area contributed by atoms with Crippen molar-refractivity contribution in [1.82, 2.24) is 10.6 Å². The molecule has 0 aromatic heterocycles. The highest BCUT2D eigenvalue weighted by Crippen LogP contribution is 2.17. The van der Waals surface area contributed by atoms with E-state index in [0.29, 0.717) is 6.04 Å². The molecule has 1 aliphatic carbocycles. The first kappa shape index (κ1) is 9.94. The lowest BCUT2D eigenvalue weighted by Crippen LogP contribution is -2.46. The van der Waals surface area contributed by atoms with Crippen molar-refractivity contribution in [1.29, 1.82) is 0 Å². The minimum Gasteiger partial charge on any atom is -0.313 e. The van der Waals surface area contributed by atoms with Gasteiger partial charge in [0.15, 0.2) is 0 Å². The molecule has 0 aromatic rings. The lowest BCUT2D eigenvalue weighted by molar-refractivity contribution is 0.404. The maximum Gasteiger partial charge on any atom is 0.0374 e. The molecule has 0 spiro atoms. The van der Waals surface area contributed by atoms with Gasteiger partial charge in [-0.15, -0.1) is 0 Å². The summed E-state index contributed by atoms with van der Waals surface area (Å²) >= 11 is 0. The molecule has 2 aliphatic rings. The normalized spacial score (nSPS) is 36.5. The summed E-state index contributed by atoms with van der Waals surface area (Å²) in [4.78, 5) is 0. The lowest BCUT2D eigenvalue weighted by Gasteiger charge is -2.29. The first-order chi connectivity index (χ1) is 6.79. The molecule has 2 atom stereocenters. The molecule has 1 heterocycles. The quantitative estimate of drug-likeness (QED) is 0.710. The van der Waals surface area contributed by atoms with Crippen molar-refractivity contribution >= 4 is 0 Å². The van der Waals surface area contributed by atoms with Gasteiger partial charge in [0, 0.05) is 18.1 Å². The van der Waals surface area contributed by atoms with Crippen molar-refractivity contribution < 1.29 is 0 Å². The zero-order chi connectivity index (χ0) is 9.86. The Morgan fingerprint density at radius 3 is 3.07 bits per heavy atom. The van der Waals surface area contributed by atoms with E-state index in [1.54, 1.807) is 0 Å². The summed E-state index contributed by atoms with van der Waals surface area (Å²) in [5.74, 6) is 0. The van der Waals surface area contributed by atoms with Crippen molar-refractivity contribution in [2.24, 2.45) is 0 Å². The molecule has 78 valence electrons. The van der Waals surface area contributed by atoms with Gasteiger partial charge in [-0.1, -0.05) is 24.3 Å². The number of hydrogen-bond donors (Lipinski definition) is 2. The van der Waals surface area contributed by atoms with Gasteiger partial charge in [0.05, 0.1) is 0 Å². The second kappa shape index (κ2) is 4.28. The fraction of sp³-hybridized carbons (Fsp3) is 0.667. The third-order valence-electron chi connectivity index (χ3n) is 3.17. The molecule has 2 N–H and O–H groups in total. The summed E-state index contributed by atoms with van der Waals surface area (Å²) in [6.45, 7) is 4.55. The van der Waals surface area contributed by atoms with Gasteiger partial charge in [0.25, 0.3) is 0 Å². The second-order valence-electron chi connectivity index (χ2n) is 4.58. The largest absolute Gasteiger partial charge is 0.313 e. The van der Waals surface area contributed by atoms with Crippen LogP contribution in [-0.4, -0.2) is 24.7 Å². The zero-order valence-electron chi connectivity index (χ0n) is 8.92. The maximum absolute atomic E-state index is 3.64. The molecule has 1 saturated heterocycles. The zero-order valence-corrected chi connectivity index (χ0v) is 8.92. The summed E-state index contributed by atoms with van der Waals surface area (Å²) in [6, 6.07) is 0.686. The van der Waals surface area contributed by atoms with Crippen LogP contribution >= 0.6 is 0 Å². The molecule has 0 saturated carbocycles. The summed E-state index contributed by atoms with van der Waals surface area (Å²) in [5.41, 5.74) is 0.180. The Kier molecular flexibility index (Phi) is 3.04. The van der Waals surface area contributed by atoms with E-state index in [0.717, 1.165) is 13.0 Å². The average molecular weight is 192 g/mol. The molecule has 2 nitrogen and oxygen atoms in total. The van der Waals surface area contributed by atoms with Gasteiger partial charge < -0.3 is 10.6 Å². The molecule has 0 amide bonds. The maximum atomic E-state index is 3.64. The van der Waals surface area contributed by atoms with Gasteiger partial charge in [-0.05, 0) is 32.7 Å². The van der Waals surface area contributed by atoms with E-state index < -0.39 is 0 Å². The first-order valence-corrected chi connectivity index (χ1v) is 5.61. The second-order valence-corrected chi connectivity index (χ2v) is 4.58. The summed E-state index contributed by atoms with van der Waals surface area (Å²) in [6.07, 6.45) is 12.5. The summed E-state index contributed by atoms with van der Waals surface area (Å²) in [5, 5.41) is 7.15. The molecular formula is C12H20N2. The van der Waals surface area contributed by atoms with Gasteiger partial charge in [-0.3, -0.25) is 0 Å². The Bertz CT molecular complexity index is 239. The smallest absolute Gasteiger partial charge is 0.0374 e. The molecule has 0 bridgehead atoms. The van der Waals surface area contributed by atoms with Crippen LogP contribution in [0, 0.1) is 0 Å². The molecule has 14 heavy (non-hydrogen) atoms. The molecule has 2 heteroatoms. The van der Waals surface area contributed by atoms with E-state index >= 15 is 0 Å². The van der Waals surface area contributed by atoms with Crippen molar-refractivity contribution in [3.63, 3.8) is 0 Å². The standard InChI is InChI=1S/C12H20N2/c1-12(7-3-2-4-8-12)14-10-11-6-5-9-13-11/h2-4,7,11,13-14H,5-6,8-10H2,1H3. The van der Waals surface area contributed by atoms with Gasteiger partial charge in [0.1, 0.15) is 0 Å². The Hall–Kier alpha value is -0.600. The fourth-order valence-electron chi connectivity index (χ4n) is 2.15. The van der Waals surface area contributed by atoms with Gasteiger partial charge in [-0.25, -0.2) is 0 Å². The Morgan fingerprint density at radius 1 is 1.50 bits per heavy atom. The highest BCUT2D eigenvalue weighted by Gasteiger charge is 2.22. The number of hydrogen-bond acceptors (Lipinski definition) is 2. The van der Waals surface area contributed by atoms with Crippen LogP contribution in [-0.2, 0) is 0 Å². The predicted octanol–water partition coefficient (Wildman–Crippen LogP) is 1.60. The predicted molar refractivity (Wildman–Crippen MR) is 60.3 cm³/mol. The Labute approximate surface area is 86.5 Å². The third kappa shape index (κ3) is 2.46. The minimum absolute atomic E-state index is 0.180. The van der Waals surface area contributed by atoms with Crippen LogP contribution in [0.2, 0.25) is 0 Å². The molecule has 0 radical (unpaired) electrons. The van der Waals surface area contributed by atoms with Crippen LogP contribution in [0.5, 0.6) is 0 Å². The van der Waals surface area contributed by atoms with Crippen LogP contribution in [0.25, 0.3) is 0 Å². The van der Waals surface area contributed by atoms with E-state index in [1.165, 1.54) is 19.4 Å². The molecule has 2 unspecified atom stereocenters. The SMILES string of the molecule is CC1(NCC2CCCN2)C=CC=CC1. The van der Waals surface area contributed by atoms with Crippen molar-refractivity contribution in [2.45, 2.75) is 37.8 Å². The summed E-state index contributed by atoms with van der Waals surface area (Å²) in [7, 11) is 0. The minimum atomic E-state index is 0.180. The molecule has 1 fully saturated rings. The molecule has 2 rings (SSSR count). The van der Waals surface area contributed by atoms with Crippen LogP contribution in [0.15, 0.2) is 24.3 Å². The first-order valence-electron chi connectivity index (χ1n) is 5.61. The average Bonchev–Trinajstić information content (AvgIpc) is 2.69. The Balaban J connectivity index is 1.78. The molecule has 0 aromatic carbocycles. The topological polar surface area (TPSA) is 24.1 Å². The number of nitrogens with one attached hydrogen (secondary N) is 2. The lowest BCUT2D eigenvalue weighted by atomic mass is 9.93. The van der Waals surface area contributed by atoms with E-state index in [1.807, 2.05) is 0 Å². The van der Waals surface area contributed by atoms with Crippen molar-refractivity contribution in [3.8, 4) is 0 Å². The highest BCUT2D eigenvalue weighted by molar-refractivity contribution is 5.19. The highest BCUT2D eigenvalue weighted by atomic mass is 15.0. The van der Waals surface area contributed by atoms with Crippen LogP contribution in [0.3, 0.4) is 0 Å². The van der Waals surface area contributed by atoms with Crippen LogP contribution < -0.4 is 10.6 Å².